The molecule has 21 heavy (non-hydrogen) atoms. The van der Waals surface area contributed by atoms with Gasteiger partial charge in [-0.25, -0.2) is 0 Å². The van der Waals surface area contributed by atoms with E-state index < -0.39 is 0 Å². The van der Waals surface area contributed by atoms with Crippen molar-refractivity contribution >= 4 is 22.4 Å². The first kappa shape index (κ1) is 14.6. The summed E-state index contributed by atoms with van der Waals surface area (Å²) in [4.78, 5) is 0. The Kier molecular flexibility index (Phi) is 4.96. The number of rotatable bonds is 6. The number of hydrogen-bond donors (Lipinski definition) is 1. The SMILES string of the molecule is Clc1c(OCCNC[C@H]2CCCO2)ccc2ccccc12. The van der Waals surface area contributed by atoms with Gasteiger partial charge in [0, 0.05) is 25.1 Å². The van der Waals surface area contributed by atoms with Gasteiger partial charge in [-0.15, -0.1) is 0 Å². The summed E-state index contributed by atoms with van der Waals surface area (Å²) in [7, 11) is 0. The van der Waals surface area contributed by atoms with Crippen LogP contribution >= 0.6 is 11.6 Å². The summed E-state index contributed by atoms with van der Waals surface area (Å²) in [6.07, 6.45) is 2.70. The van der Waals surface area contributed by atoms with Crippen molar-refractivity contribution in [1.29, 1.82) is 0 Å². The molecular formula is C17H20ClNO2. The molecule has 0 amide bonds. The fourth-order valence-electron chi connectivity index (χ4n) is 2.63. The maximum Gasteiger partial charge on any atom is 0.138 e. The molecule has 0 aromatic heterocycles. The number of halogens is 1. The van der Waals surface area contributed by atoms with Crippen molar-refractivity contribution in [3.05, 3.63) is 41.4 Å². The van der Waals surface area contributed by atoms with Crippen molar-refractivity contribution in [2.45, 2.75) is 18.9 Å². The smallest absolute Gasteiger partial charge is 0.138 e. The van der Waals surface area contributed by atoms with Gasteiger partial charge < -0.3 is 14.8 Å². The lowest BCUT2D eigenvalue weighted by Gasteiger charge is -2.12. The van der Waals surface area contributed by atoms with Crippen molar-refractivity contribution in [1.82, 2.24) is 5.32 Å². The highest BCUT2D eigenvalue weighted by molar-refractivity contribution is 6.37. The third kappa shape index (κ3) is 3.67. The van der Waals surface area contributed by atoms with E-state index in [1.165, 1.54) is 6.42 Å². The van der Waals surface area contributed by atoms with Gasteiger partial charge in [-0.3, -0.25) is 0 Å². The summed E-state index contributed by atoms with van der Waals surface area (Å²) < 4.78 is 11.3. The van der Waals surface area contributed by atoms with Crippen LogP contribution in [0, 0.1) is 0 Å². The minimum Gasteiger partial charge on any atom is -0.491 e. The Morgan fingerprint density at radius 2 is 2.14 bits per heavy atom. The summed E-state index contributed by atoms with van der Waals surface area (Å²) in [5.74, 6) is 0.745. The molecule has 0 saturated carbocycles. The number of ether oxygens (including phenoxy) is 2. The molecule has 0 unspecified atom stereocenters. The standard InChI is InChI=1S/C17H20ClNO2/c18-17-15-6-2-1-4-13(15)7-8-16(17)21-11-9-19-12-14-5-3-10-20-14/h1-2,4,6-8,14,19H,3,5,9-12H2/t14-/m1/s1. The van der Waals surface area contributed by atoms with E-state index in [-0.39, 0.29) is 0 Å². The topological polar surface area (TPSA) is 30.5 Å². The van der Waals surface area contributed by atoms with Crippen molar-refractivity contribution in [3.8, 4) is 5.75 Å². The van der Waals surface area contributed by atoms with Gasteiger partial charge in [0.05, 0.1) is 11.1 Å². The van der Waals surface area contributed by atoms with Gasteiger partial charge >= 0.3 is 0 Å². The lowest BCUT2D eigenvalue weighted by atomic mass is 10.1. The Bertz CT molecular complexity index is 596. The Balaban J connectivity index is 1.49. The van der Waals surface area contributed by atoms with Crippen molar-refractivity contribution < 1.29 is 9.47 Å². The van der Waals surface area contributed by atoms with Gasteiger partial charge in [-0.05, 0) is 24.3 Å². The lowest BCUT2D eigenvalue weighted by Crippen LogP contribution is -2.29. The number of hydrogen-bond acceptors (Lipinski definition) is 3. The Morgan fingerprint density at radius 1 is 1.24 bits per heavy atom. The van der Waals surface area contributed by atoms with Gasteiger partial charge in [-0.1, -0.05) is 41.9 Å². The van der Waals surface area contributed by atoms with Gasteiger partial charge in [0.2, 0.25) is 0 Å². The molecule has 4 heteroatoms. The molecule has 1 saturated heterocycles. The number of fused-ring (bicyclic) bond motifs is 1. The zero-order valence-electron chi connectivity index (χ0n) is 12.0. The molecule has 0 aliphatic carbocycles. The van der Waals surface area contributed by atoms with Crippen molar-refractivity contribution in [3.63, 3.8) is 0 Å². The molecule has 1 aliphatic rings. The van der Waals surface area contributed by atoms with Crippen LogP contribution in [0.2, 0.25) is 5.02 Å². The molecule has 1 aliphatic heterocycles. The molecule has 1 atom stereocenters. The summed E-state index contributed by atoms with van der Waals surface area (Å²) in [6, 6.07) is 12.0. The van der Waals surface area contributed by atoms with Gasteiger partial charge in [0.25, 0.3) is 0 Å². The Morgan fingerprint density at radius 3 is 3.00 bits per heavy atom. The first-order valence-corrected chi connectivity index (χ1v) is 7.85. The monoisotopic (exact) mass is 305 g/mol. The fraction of sp³-hybridized carbons (Fsp3) is 0.412. The van der Waals surface area contributed by atoms with Crippen LogP contribution < -0.4 is 10.1 Å². The van der Waals surface area contributed by atoms with E-state index >= 15 is 0 Å². The Hall–Kier alpha value is -1.29. The van der Waals surface area contributed by atoms with Crippen LogP contribution in [-0.4, -0.2) is 32.4 Å². The highest BCUT2D eigenvalue weighted by Gasteiger charge is 2.14. The molecule has 112 valence electrons. The van der Waals surface area contributed by atoms with E-state index in [9.17, 15) is 0 Å². The quantitative estimate of drug-likeness (QED) is 0.827. The summed E-state index contributed by atoms with van der Waals surface area (Å²) >= 11 is 6.39. The fourth-order valence-corrected chi connectivity index (χ4v) is 2.92. The lowest BCUT2D eigenvalue weighted by molar-refractivity contribution is 0.109. The second-order valence-corrected chi connectivity index (χ2v) is 5.66. The first-order chi connectivity index (χ1) is 10.3. The van der Waals surface area contributed by atoms with Crippen molar-refractivity contribution in [2.75, 3.05) is 26.3 Å². The van der Waals surface area contributed by atoms with Crippen LogP contribution in [0.5, 0.6) is 5.75 Å². The van der Waals surface area contributed by atoms with Crippen LogP contribution in [0.1, 0.15) is 12.8 Å². The maximum absolute atomic E-state index is 6.39. The zero-order chi connectivity index (χ0) is 14.5. The highest BCUT2D eigenvalue weighted by atomic mass is 35.5. The summed E-state index contributed by atoms with van der Waals surface area (Å²) in [6.45, 7) is 3.19. The predicted octanol–water partition coefficient (Wildman–Crippen LogP) is 3.64. The molecule has 0 radical (unpaired) electrons. The van der Waals surface area contributed by atoms with Crippen LogP contribution in [0.3, 0.4) is 0 Å². The van der Waals surface area contributed by atoms with E-state index in [1.54, 1.807) is 0 Å². The summed E-state index contributed by atoms with van der Waals surface area (Å²) in [5.41, 5.74) is 0. The zero-order valence-corrected chi connectivity index (χ0v) is 12.7. The molecule has 1 fully saturated rings. The van der Waals surface area contributed by atoms with Gasteiger partial charge in [-0.2, -0.15) is 0 Å². The second-order valence-electron chi connectivity index (χ2n) is 5.29. The molecule has 2 aromatic rings. The minimum absolute atomic E-state index is 0.370. The van der Waals surface area contributed by atoms with Crippen LogP contribution in [-0.2, 0) is 4.74 Å². The average Bonchev–Trinajstić information content (AvgIpc) is 3.03. The third-order valence-electron chi connectivity index (χ3n) is 3.76. The molecule has 3 rings (SSSR count). The normalized spacial score (nSPS) is 18.2. The third-order valence-corrected chi connectivity index (χ3v) is 4.15. The van der Waals surface area contributed by atoms with Gasteiger partial charge in [0.15, 0.2) is 0 Å². The van der Waals surface area contributed by atoms with E-state index in [2.05, 4.69) is 5.32 Å². The minimum atomic E-state index is 0.370. The van der Waals surface area contributed by atoms with Crippen LogP contribution in [0.4, 0.5) is 0 Å². The summed E-state index contributed by atoms with van der Waals surface area (Å²) in [5, 5.41) is 6.21. The van der Waals surface area contributed by atoms with E-state index in [0.717, 1.165) is 42.6 Å². The molecule has 1 heterocycles. The maximum atomic E-state index is 6.39. The molecular weight excluding hydrogens is 286 g/mol. The first-order valence-electron chi connectivity index (χ1n) is 7.47. The highest BCUT2D eigenvalue weighted by Crippen LogP contribution is 2.32. The predicted molar refractivity (Wildman–Crippen MR) is 86.3 cm³/mol. The molecule has 0 spiro atoms. The second kappa shape index (κ2) is 7.12. The average molecular weight is 306 g/mol. The van der Waals surface area contributed by atoms with Crippen molar-refractivity contribution in [2.24, 2.45) is 0 Å². The number of benzene rings is 2. The van der Waals surface area contributed by atoms with Crippen LogP contribution in [0.25, 0.3) is 10.8 Å². The number of nitrogens with one attached hydrogen (secondary N) is 1. The molecule has 0 bridgehead atoms. The molecule has 1 N–H and O–H groups in total. The van der Waals surface area contributed by atoms with E-state index in [1.807, 2.05) is 36.4 Å². The van der Waals surface area contributed by atoms with E-state index in [4.69, 9.17) is 21.1 Å². The van der Waals surface area contributed by atoms with Crippen LogP contribution in [0.15, 0.2) is 36.4 Å². The van der Waals surface area contributed by atoms with Gasteiger partial charge in [0.1, 0.15) is 12.4 Å². The Labute approximate surface area is 130 Å². The largest absolute Gasteiger partial charge is 0.491 e. The van der Waals surface area contributed by atoms with E-state index in [0.29, 0.717) is 17.7 Å². The molecule has 2 aromatic carbocycles. The molecule has 3 nitrogen and oxygen atoms in total.